The van der Waals surface area contributed by atoms with E-state index in [9.17, 15) is 9.59 Å². The summed E-state index contributed by atoms with van der Waals surface area (Å²) in [5.41, 5.74) is 0.889. The van der Waals surface area contributed by atoms with Crippen molar-refractivity contribution in [2.24, 2.45) is 0 Å². The van der Waals surface area contributed by atoms with Crippen LogP contribution in [0.5, 0.6) is 5.75 Å². The number of nitrogens with one attached hydrogen (secondary N) is 2. The van der Waals surface area contributed by atoms with Crippen molar-refractivity contribution < 1.29 is 14.3 Å². The van der Waals surface area contributed by atoms with Gasteiger partial charge < -0.3 is 19.9 Å². The van der Waals surface area contributed by atoms with E-state index in [2.05, 4.69) is 27.4 Å². The fraction of sp³-hybridized carbons (Fsp3) is 0.417. The Morgan fingerprint density at radius 2 is 1.94 bits per heavy atom. The third kappa shape index (κ3) is 7.12. The summed E-state index contributed by atoms with van der Waals surface area (Å²) < 4.78 is 5.70. The molecule has 2 amide bonds. The highest BCUT2D eigenvalue weighted by molar-refractivity contribution is 7.80. The zero-order valence-corrected chi connectivity index (χ0v) is 21.0. The van der Waals surface area contributed by atoms with Gasteiger partial charge in [-0.05, 0) is 56.0 Å². The monoisotopic (exact) mass is 503 g/mol. The molecule has 0 aliphatic carbocycles. The zero-order chi connectivity index (χ0) is 24.5. The van der Waals surface area contributed by atoms with Gasteiger partial charge in [-0.3, -0.25) is 19.9 Å². The number of unbranched alkanes of at least 4 members (excludes halogenated alkanes) is 2. The zero-order valence-electron chi connectivity index (χ0n) is 19.5. The van der Waals surface area contributed by atoms with Gasteiger partial charge >= 0.3 is 0 Å². The Hall–Kier alpha value is -2.75. The van der Waals surface area contributed by atoms with Gasteiger partial charge in [-0.25, -0.2) is 0 Å². The number of rotatable bonds is 8. The lowest BCUT2D eigenvalue weighted by atomic mass is 10.1. The first-order valence-electron chi connectivity index (χ1n) is 11.4. The molecule has 1 aliphatic heterocycles. The number of carbonyl (C=O) groups is 2. The number of hydrogen-bond donors (Lipinski definition) is 2. The normalized spacial score (nSPS) is 13.9. The lowest BCUT2D eigenvalue weighted by molar-refractivity contribution is 0.0654. The second-order valence-electron chi connectivity index (χ2n) is 8.10. The van der Waals surface area contributed by atoms with Gasteiger partial charge in [0.15, 0.2) is 5.11 Å². The number of ether oxygens (including phenoxy) is 1. The summed E-state index contributed by atoms with van der Waals surface area (Å²) in [5, 5.41) is 6.09. The molecule has 1 fully saturated rings. The molecule has 0 bridgehead atoms. The minimum Gasteiger partial charge on any atom is -0.492 e. The predicted octanol–water partition coefficient (Wildman–Crippen LogP) is 3.82. The second kappa shape index (κ2) is 12.6. The van der Waals surface area contributed by atoms with Gasteiger partial charge in [0.1, 0.15) is 11.4 Å². The van der Waals surface area contributed by atoms with Gasteiger partial charge in [-0.2, -0.15) is 0 Å². The van der Waals surface area contributed by atoms with Crippen LogP contribution >= 0.6 is 23.8 Å². The highest BCUT2D eigenvalue weighted by Gasteiger charge is 2.26. The fourth-order valence-electron chi connectivity index (χ4n) is 3.48. The molecule has 10 heteroatoms. The van der Waals surface area contributed by atoms with Crippen molar-refractivity contribution in [2.45, 2.75) is 26.2 Å². The summed E-state index contributed by atoms with van der Waals surface area (Å²) in [6, 6.07) is 8.39. The van der Waals surface area contributed by atoms with Crippen LogP contribution < -0.4 is 15.4 Å². The van der Waals surface area contributed by atoms with E-state index < -0.39 is 5.91 Å². The van der Waals surface area contributed by atoms with Gasteiger partial charge in [0.05, 0.1) is 17.2 Å². The average molecular weight is 504 g/mol. The Labute approximate surface area is 210 Å². The van der Waals surface area contributed by atoms with E-state index in [4.69, 9.17) is 28.6 Å². The maximum atomic E-state index is 13.0. The summed E-state index contributed by atoms with van der Waals surface area (Å²) in [6.07, 6.45) is 4.69. The predicted molar refractivity (Wildman–Crippen MR) is 138 cm³/mol. The molecule has 2 heterocycles. The van der Waals surface area contributed by atoms with E-state index in [-0.39, 0.29) is 22.3 Å². The molecule has 1 aliphatic rings. The number of piperazine rings is 1. The third-order valence-electron chi connectivity index (χ3n) is 5.47. The molecule has 8 nitrogen and oxygen atoms in total. The van der Waals surface area contributed by atoms with Crippen molar-refractivity contribution >= 4 is 46.4 Å². The summed E-state index contributed by atoms with van der Waals surface area (Å²) in [6.45, 7) is 5.47. The molecule has 0 unspecified atom stereocenters. The van der Waals surface area contributed by atoms with Crippen molar-refractivity contribution in [3.05, 3.63) is 52.8 Å². The van der Waals surface area contributed by atoms with Crippen molar-refractivity contribution in [2.75, 3.05) is 45.2 Å². The first kappa shape index (κ1) is 25.9. The first-order valence-corrected chi connectivity index (χ1v) is 12.1. The highest BCUT2D eigenvalue weighted by atomic mass is 35.5. The number of halogens is 1. The Bertz CT molecular complexity index is 1030. The minimum atomic E-state index is -0.509. The van der Waals surface area contributed by atoms with Crippen LogP contribution in [0, 0.1) is 0 Å². The highest BCUT2D eigenvalue weighted by Crippen LogP contribution is 2.28. The number of benzene rings is 1. The maximum absolute atomic E-state index is 13.0. The molecular formula is C24H30ClN5O3S. The number of amides is 2. The number of thiocarbonyl (C=S) groups is 1. The van der Waals surface area contributed by atoms with E-state index in [0.717, 1.165) is 32.4 Å². The number of aromatic nitrogens is 1. The lowest BCUT2D eigenvalue weighted by Crippen LogP contribution is -2.47. The molecule has 2 aromatic rings. The molecule has 1 aromatic heterocycles. The van der Waals surface area contributed by atoms with Crippen molar-refractivity contribution in [3.63, 3.8) is 0 Å². The number of likely N-dealkylation sites (N-methyl/N-ethyl adjacent to an activating group) is 1. The third-order valence-corrected chi connectivity index (χ3v) is 5.97. The van der Waals surface area contributed by atoms with Gasteiger partial charge in [-0.15, -0.1) is 0 Å². The molecule has 3 rings (SSSR count). The Morgan fingerprint density at radius 1 is 1.18 bits per heavy atom. The molecule has 2 N–H and O–H groups in total. The van der Waals surface area contributed by atoms with Crippen LogP contribution in [0.25, 0.3) is 0 Å². The number of anilines is 1. The lowest BCUT2D eigenvalue weighted by Gasteiger charge is -2.32. The molecule has 0 saturated carbocycles. The largest absolute Gasteiger partial charge is 0.492 e. The molecule has 1 aromatic carbocycles. The Balaban J connectivity index is 1.60. The van der Waals surface area contributed by atoms with Crippen LogP contribution in [-0.2, 0) is 0 Å². The van der Waals surface area contributed by atoms with Crippen molar-refractivity contribution in [1.82, 2.24) is 20.1 Å². The summed E-state index contributed by atoms with van der Waals surface area (Å²) >= 11 is 11.6. The molecule has 0 spiro atoms. The smallest absolute Gasteiger partial charge is 0.273 e. The number of hydrogen-bond acceptors (Lipinski definition) is 6. The summed E-state index contributed by atoms with van der Waals surface area (Å²) in [5.74, 6) is -0.176. The molecule has 0 atom stereocenters. The van der Waals surface area contributed by atoms with E-state index in [1.165, 1.54) is 6.20 Å². The maximum Gasteiger partial charge on any atom is 0.273 e. The SMILES string of the molecule is CCCCCOc1ccc(NC(=S)NC(=O)c2cccnc2C(=O)N2CCN(C)CC2)cc1Cl. The quantitative estimate of drug-likeness (QED) is 0.418. The summed E-state index contributed by atoms with van der Waals surface area (Å²) in [7, 11) is 2.01. The molecule has 34 heavy (non-hydrogen) atoms. The van der Waals surface area contributed by atoms with Gasteiger partial charge in [-0.1, -0.05) is 31.4 Å². The fourth-order valence-corrected chi connectivity index (χ4v) is 3.93. The average Bonchev–Trinajstić information content (AvgIpc) is 2.83. The Morgan fingerprint density at radius 3 is 2.65 bits per heavy atom. The molecular weight excluding hydrogens is 474 g/mol. The van der Waals surface area contributed by atoms with Crippen LogP contribution in [0.2, 0.25) is 5.02 Å². The van der Waals surface area contributed by atoms with Gasteiger partial charge in [0.2, 0.25) is 0 Å². The van der Waals surface area contributed by atoms with E-state index in [1.54, 1.807) is 35.2 Å². The van der Waals surface area contributed by atoms with Crippen molar-refractivity contribution in [1.29, 1.82) is 0 Å². The topological polar surface area (TPSA) is 86.8 Å². The van der Waals surface area contributed by atoms with Crippen molar-refractivity contribution in [3.8, 4) is 5.75 Å². The number of nitrogens with zero attached hydrogens (tertiary/aromatic N) is 3. The van der Waals surface area contributed by atoms with E-state index >= 15 is 0 Å². The molecule has 1 saturated heterocycles. The van der Waals surface area contributed by atoms with E-state index in [1.807, 2.05) is 7.05 Å². The standard InChI is InChI=1S/C24H30ClN5O3S/c1-3-4-5-15-33-20-9-8-17(16-19(20)25)27-24(34)28-22(31)18-7-6-10-26-21(18)23(32)30-13-11-29(2)12-14-30/h6-10,16H,3-5,11-15H2,1-2H3,(H2,27,28,31,34). The van der Waals surface area contributed by atoms with E-state index in [0.29, 0.717) is 36.2 Å². The number of pyridine rings is 1. The molecule has 182 valence electrons. The number of carbonyl (C=O) groups excluding carboxylic acids is 2. The van der Waals surface area contributed by atoms with Gasteiger partial charge in [0, 0.05) is 38.1 Å². The summed E-state index contributed by atoms with van der Waals surface area (Å²) in [4.78, 5) is 33.9. The molecule has 0 radical (unpaired) electrons. The second-order valence-corrected chi connectivity index (χ2v) is 8.92. The van der Waals surface area contributed by atoms with Crippen LogP contribution in [-0.4, -0.2) is 71.5 Å². The first-order chi connectivity index (χ1) is 16.4. The van der Waals surface area contributed by atoms with Crippen LogP contribution in [0.1, 0.15) is 47.0 Å². The van der Waals surface area contributed by atoms with Crippen LogP contribution in [0.15, 0.2) is 36.5 Å². The Kier molecular flexibility index (Phi) is 9.62. The van der Waals surface area contributed by atoms with Crippen LogP contribution in [0.3, 0.4) is 0 Å². The van der Waals surface area contributed by atoms with Gasteiger partial charge in [0.25, 0.3) is 11.8 Å². The van der Waals surface area contributed by atoms with Crippen LogP contribution in [0.4, 0.5) is 5.69 Å². The minimum absolute atomic E-state index is 0.0829.